The van der Waals surface area contributed by atoms with Crippen LogP contribution in [0, 0.1) is 6.92 Å². The van der Waals surface area contributed by atoms with Crippen LogP contribution in [0.3, 0.4) is 0 Å². The van der Waals surface area contributed by atoms with Crippen LogP contribution in [0.15, 0.2) is 17.0 Å². The third kappa shape index (κ3) is 3.30. The molecule has 1 aromatic carbocycles. The molecule has 1 saturated carbocycles. The molecule has 2 N–H and O–H groups in total. The van der Waals surface area contributed by atoms with E-state index in [4.69, 9.17) is 15.2 Å². The van der Waals surface area contributed by atoms with Crippen LogP contribution in [-0.4, -0.2) is 46.1 Å². The summed E-state index contributed by atoms with van der Waals surface area (Å²) in [6, 6.07) is 3.19. The van der Waals surface area contributed by atoms with Gasteiger partial charge in [0, 0.05) is 25.4 Å². The van der Waals surface area contributed by atoms with Crippen molar-refractivity contribution in [3.63, 3.8) is 0 Å². The van der Waals surface area contributed by atoms with Crippen LogP contribution in [0.4, 0.5) is 5.69 Å². The van der Waals surface area contributed by atoms with Crippen LogP contribution in [-0.2, 0) is 14.8 Å². The first-order chi connectivity index (χ1) is 9.91. The lowest BCUT2D eigenvalue weighted by Crippen LogP contribution is -2.36. The number of rotatable bonds is 7. The van der Waals surface area contributed by atoms with Crippen molar-refractivity contribution in [3.05, 3.63) is 17.7 Å². The molecule has 118 valence electrons. The lowest BCUT2D eigenvalue weighted by Gasteiger charge is -2.23. The fraction of sp³-hybridized carbons (Fsp3) is 0.571. The number of benzene rings is 1. The van der Waals surface area contributed by atoms with E-state index in [2.05, 4.69) is 0 Å². The molecule has 0 bridgehead atoms. The molecule has 1 fully saturated rings. The number of sulfonamides is 1. The van der Waals surface area contributed by atoms with E-state index in [1.807, 2.05) is 6.92 Å². The molecule has 0 saturated heterocycles. The molecule has 0 heterocycles. The lowest BCUT2D eigenvalue weighted by atomic mass is 10.2. The molecule has 0 spiro atoms. The van der Waals surface area contributed by atoms with E-state index in [9.17, 15) is 8.42 Å². The van der Waals surface area contributed by atoms with Gasteiger partial charge in [-0.1, -0.05) is 0 Å². The molecule has 1 aromatic rings. The Morgan fingerprint density at radius 1 is 1.33 bits per heavy atom. The maximum Gasteiger partial charge on any atom is 0.247 e. The first kappa shape index (κ1) is 16.1. The van der Waals surface area contributed by atoms with Crippen LogP contribution in [0.1, 0.15) is 18.4 Å². The summed E-state index contributed by atoms with van der Waals surface area (Å²) < 4.78 is 37.5. The monoisotopic (exact) mass is 314 g/mol. The van der Waals surface area contributed by atoms with E-state index in [1.54, 1.807) is 13.2 Å². The van der Waals surface area contributed by atoms with Gasteiger partial charge in [0.15, 0.2) is 0 Å². The molecule has 1 aliphatic carbocycles. The Morgan fingerprint density at radius 3 is 2.52 bits per heavy atom. The van der Waals surface area contributed by atoms with Crippen molar-refractivity contribution in [3.8, 4) is 5.75 Å². The van der Waals surface area contributed by atoms with Crippen molar-refractivity contribution >= 4 is 15.7 Å². The average Bonchev–Trinajstić information content (AvgIpc) is 3.26. The molecule has 6 nitrogen and oxygen atoms in total. The highest BCUT2D eigenvalue weighted by molar-refractivity contribution is 7.89. The van der Waals surface area contributed by atoms with Crippen molar-refractivity contribution in [2.45, 2.75) is 30.7 Å². The van der Waals surface area contributed by atoms with Crippen molar-refractivity contribution in [2.24, 2.45) is 0 Å². The summed E-state index contributed by atoms with van der Waals surface area (Å²) in [5, 5.41) is 0. The maximum atomic E-state index is 12.9. The summed E-state index contributed by atoms with van der Waals surface area (Å²) in [6.45, 7) is 2.51. The predicted molar refractivity (Wildman–Crippen MR) is 80.9 cm³/mol. The quantitative estimate of drug-likeness (QED) is 0.769. The number of anilines is 1. The third-order valence-electron chi connectivity index (χ3n) is 3.61. The Bertz CT molecular complexity index is 612. The van der Waals surface area contributed by atoms with Gasteiger partial charge >= 0.3 is 0 Å². The lowest BCUT2D eigenvalue weighted by molar-refractivity contribution is 0.177. The summed E-state index contributed by atoms with van der Waals surface area (Å²) in [5.74, 6) is 0.324. The minimum absolute atomic E-state index is 0.0531. The predicted octanol–water partition coefficient (Wildman–Crippen LogP) is 1.39. The summed E-state index contributed by atoms with van der Waals surface area (Å²) in [7, 11) is -0.627. The Hall–Kier alpha value is -1.31. The van der Waals surface area contributed by atoms with E-state index in [1.165, 1.54) is 17.5 Å². The largest absolute Gasteiger partial charge is 0.495 e. The number of aryl methyl sites for hydroxylation is 1. The van der Waals surface area contributed by atoms with E-state index in [-0.39, 0.29) is 10.9 Å². The van der Waals surface area contributed by atoms with Gasteiger partial charge in [0.2, 0.25) is 10.0 Å². The van der Waals surface area contributed by atoms with Crippen LogP contribution < -0.4 is 10.5 Å². The number of hydrogen-bond acceptors (Lipinski definition) is 5. The molecule has 1 aliphatic rings. The zero-order chi connectivity index (χ0) is 15.6. The van der Waals surface area contributed by atoms with Gasteiger partial charge in [-0.25, -0.2) is 8.42 Å². The smallest absolute Gasteiger partial charge is 0.247 e. The number of nitrogens with zero attached hydrogens (tertiary/aromatic N) is 1. The number of ether oxygens (including phenoxy) is 2. The SMILES string of the molecule is COCCN(C1CC1)S(=O)(=O)c1cc(N)c(C)cc1OC. The number of nitrogen functional groups attached to an aromatic ring is 1. The Labute approximate surface area is 125 Å². The van der Waals surface area contributed by atoms with E-state index in [0.717, 1.165) is 18.4 Å². The maximum absolute atomic E-state index is 12.9. The van der Waals surface area contributed by atoms with Gasteiger partial charge in [0.1, 0.15) is 10.6 Å². The Kier molecular flexibility index (Phi) is 4.75. The minimum atomic E-state index is -3.64. The van der Waals surface area contributed by atoms with Crippen LogP contribution in [0.5, 0.6) is 5.75 Å². The molecular weight excluding hydrogens is 292 g/mol. The normalized spacial score (nSPS) is 15.4. The first-order valence-corrected chi connectivity index (χ1v) is 8.30. The van der Waals surface area contributed by atoms with Gasteiger partial charge in [-0.2, -0.15) is 4.31 Å². The second kappa shape index (κ2) is 6.21. The molecule has 21 heavy (non-hydrogen) atoms. The van der Waals surface area contributed by atoms with Crippen molar-refractivity contribution in [1.29, 1.82) is 0 Å². The summed E-state index contributed by atoms with van der Waals surface area (Å²) in [4.78, 5) is 0.121. The molecular formula is C14H22N2O4S. The zero-order valence-corrected chi connectivity index (χ0v) is 13.4. The molecule has 0 radical (unpaired) electrons. The molecule has 0 aliphatic heterocycles. The second-order valence-electron chi connectivity index (χ2n) is 5.20. The summed E-state index contributed by atoms with van der Waals surface area (Å²) >= 11 is 0. The van der Waals surface area contributed by atoms with Crippen LogP contribution in [0.2, 0.25) is 0 Å². The highest BCUT2D eigenvalue weighted by Crippen LogP contribution is 2.36. The number of hydrogen-bond donors (Lipinski definition) is 1. The van der Waals surface area contributed by atoms with Crippen LogP contribution in [0.25, 0.3) is 0 Å². The molecule has 0 aromatic heterocycles. The van der Waals surface area contributed by atoms with Crippen molar-refractivity contribution in [2.75, 3.05) is 33.1 Å². The Morgan fingerprint density at radius 2 is 2.00 bits per heavy atom. The van der Waals surface area contributed by atoms with E-state index < -0.39 is 10.0 Å². The van der Waals surface area contributed by atoms with Crippen LogP contribution >= 0.6 is 0 Å². The molecule has 2 rings (SSSR count). The Balaban J connectivity index is 2.44. The highest BCUT2D eigenvalue weighted by Gasteiger charge is 2.39. The summed E-state index contributed by atoms with van der Waals surface area (Å²) in [6.07, 6.45) is 1.76. The number of methoxy groups -OCH3 is 2. The van der Waals surface area contributed by atoms with Gasteiger partial charge in [-0.15, -0.1) is 0 Å². The molecule has 7 heteroatoms. The van der Waals surface area contributed by atoms with E-state index in [0.29, 0.717) is 24.6 Å². The van der Waals surface area contributed by atoms with Gasteiger partial charge in [-0.3, -0.25) is 0 Å². The average molecular weight is 314 g/mol. The van der Waals surface area contributed by atoms with Gasteiger partial charge in [0.05, 0.1) is 13.7 Å². The summed E-state index contributed by atoms with van der Waals surface area (Å²) in [5.41, 5.74) is 7.10. The van der Waals surface area contributed by atoms with Crippen molar-refractivity contribution in [1.82, 2.24) is 4.31 Å². The van der Waals surface area contributed by atoms with Gasteiger partial charge < -0.3 is 15.2 Å². The van der Waals surface area contributed by atoms with E-state index >= 15 is 0 Å². The van der Waals surface area contributed by atoms with Gasteiger partial charge in [-0.05, 0) is 37.5 Å². The second-order valence-corrected chi connectivity index (χ2v) is 7.06. The topological polar surface area (TPSA) is 81.9 Å². The standard InChI is InChI=1S/C14H22N2O4S/c1-10-8-13(20-3)14(9-12(10)15)21(17,18)16(6-7-19-2)11-4-5-11/h8-9,11H,4-7,15H2,1-3H3. The molecule has 0 amide bonds. The fourth-order valence-corrected chi connectivity index (χ4v) is 4.05. The van der Waals surface area contributed by atoms with Crippen molar-refractivity contribution < 1.29 is 17.9 Å². The minimum Gasteiger partial charge on any atom is -0.495 e. The molecule has 0 atom stereocenters. The molecule has 0 unspecified atom stereocenters. The zero-order valence-electron chi connectivity index (χ0n) is 12.6. The third-order valence-corrected chi connectivity index (χ3v) is 5.58. The fourth-order valence-electron chi connectivity index (χ4n) is 2.21. The first-order valence-electron chi connectivity index (χ1n) is 6.86. The van der Waals surface area contributed by atoms with Gasteiger partial charge in [0.25, 0.3) is 0 Å². The number of nitrogens with two attached hydrogens (primary N) is 1. The highest BCUT2D eigenvalue weighted by atomic mass is 32.2.